The summed E-state index contributed by atoms with van der Waals surface area (Å²) in [4.78, 5) is 5.07. The van der Waals surface area contributed by atoms with Crippen LogP contribution in [0.3, 0.4) is 0 Å². The number of hydrogen-bond donors (Lipinski definition) is 0. The first-order chi connectivity index (χ1) is 13.9. The van der Waals surface area contributed by atoms with Gasteiger partial charge in [-0.1, -0.05) is 100 Å². The molecule has 0 radical (unpaired) electrons. The van der Waals surface area contributed by atoms with Gasteiger partial charge in [0.05, 0.1) is 0 Å². The third-order valence-electron chi connectivity index (χ3n) is 5.25. The minimum Gasteiger partial charge on any atom is -0.435 e. The number of nitrogens with zero attached hydrogens (tertiary/aromatic N) is 2. The summed E-state index contributed by atoms with van der Waals surface area (Å²) in [6, 6.07) is 23.1. The maximum atomic E-state index is 5.20. The minimum atomic E-state index is 0. The average molecular weight is 391 g/mol. The molecule has 0 aliphatic rings. The van der Waals surface area contributed by atoms with Crippen molar-refractivity contribution in [2.75, 3.05) is 0 Å². The number of hydrogen-bond acceptors (Lipinski definition) is 1. The van der Waals surface area contributed by atoms with Crippen LogP contribution in [-0.4, -0.2) is 5.84 Å². The van der Waals surface area contributed by atoms with Crippen LogP contribution in [-0.2, 0) is 0 Å². The molecule has 3 aromatic carbocycles. The molecular formula is C27H31LiN2. The molecule has 0 saturated carbocycles. The molecule has 0 aliphatic heterocycles. The molecule has 3 rings (SSSR count). The topological polar surface area (TPSA) is 26.5 Å². The van der Waals surface area contributed by atoms with Crippen LogP contribution in [0.1, 0.15) is 67.3 Å². The van der Waals surface area contributed by atoms with Crippen molar-refractivity contribution in [3.05, 3.63) is 99.9 Å². The van der Waals surface area contributed by atoms with Crippen molar-refractivity contribution in [1.82, 2.24) is 0 Å². The molecule has 0 unspecified atom stereocenters. The molecule has 0 aliphatic carbocycles. The van der Waals surface area contributed by atoms with Crippen LogP contribution in [0.2, 0.25) is 0 Å². The van der Waals surface area contributed by atoms with Crippen LogP contribution in [0.4, 0.5) is 11.4 Å². The van der Waals surface area contributed by atoms with Crippen LogP contribution in [0.15, 0.2) is 71.7 Å². The molecule has 0 saturated heterocycles. The molecule has 0 heterocycles. The van der Waals surface area contributed by atoms with Crippen molar-refractivity contribution in [2.24, 2.45) is 4.99 Å². The summed E-state index contributed by atoms with van der Waals surface area (Å²) in [7, 11) is 0. The summed E-state index contributed by atoms with van der Waals surface area (Å²) >= 11 is 0. The largest absolute Gasteiger partial charge is 1.00 e. The molecule has 0 spiro atoms. The van der Waals surface area contributed by atoms with Gasteiger partial charge in [-0.05, 0) is 64.9 Å². The quantitative estimate of drug-likeness (QED) is 0.319. The van der Waals surface area contributed by atoms with Gasteiger partial charge in [0, 0.05) is 0 Å². The first-order valence-corrected chi connectivity index (χ1v) is 10.4. The molecular weight excluding hydrogens is 359 g/mol. The van der Waals surface area contributed by atoms with E-state index in [-0.39, 0.29) is 18.9 Å². The van der Waals surface area contributed by atoms with E-state index in [0.717, 1.165) is 33.9 Å². The third kappa shape index (κ3) is 5.45. The van der Waals surface area contributed by atoms with Gasteiger partial charge in [-0.3, -0.25) is 0 Å². The van der Waals surface area contributed by atoms with Crippen molar-refractivity contribution >= 4 is 17.2 Å². The number of benzene rings is 3. The van der Waals surface area contributed by atoms with Crippen molar-refractivity contribution in [3.8, 4) is 0 Å². The summed E-state index contributed by atoms with van der Waals surface area (Å²) in [5.74, 6) is 1.55. The smallest absolute Gasteiger partial charge is 0.435 e. The standard InChI is InChI=1S/C27H31N2.Li/c1-18(2)23-16-11-17-24(19(3)4)26(23)29-27(22-14-8-7-9-15-22)28-25-20(5)12-10-13-21(25)6;/h7-19H,1-6H3;/q-1;+1. The molecule has 0 bridgehead atoms. The van der Waals surface area contributed by atoms with Gasteiger partial charge in [-0.25, -0.2) is 0 Å². The number of para-hydroxylation sites is 2. The van der Waals surface area contributed by atoms with Gasteiger partial charge in [0.2, 0.25) is 0 Å². The fourth-order valence-corrected chi connectivity index (χ4v) is 3.58. The van der Waals surface area contributed by atoms with E-state index in [2.05, 4.69) is 90.1 Å². The Balaban J connectivity index is 0.00000320. The van der Waals surface area contributed by atoms with Crippen molar-refractivity contribution in [2.45, 2.75) is 53.4 Å². The third-order valence-corrected chi connectivity index (χ3v) is 5.25. The molecule has 30 heavy (non-hydrogen) atoms. The summed E-state index contributed by atoms with van der Waals surface area (Å²) in [6.07, 6.45) is 0. The molecule has 3 aromatic rings. The molecule has 0 N–H and O–H groups in total. The minimum absolute atomic E-state index is 0. The second-order valence-corrected chi connectivity index (χ2v) is 8.25. The van der Waals surface area contributed by atoms with Gasteiger partial charge < -0.3 is 10.3 Å². The fourth-order valence-electron chi connectivity index (χ4n) is 3.58. The van der Waals surface area contributed by atoms with Crippen LogP contribution in [0, 0.1) is 13.8 Å². The summed E-state index contributed by atoms with van der Waals surface area (Å²) in [5.41, 5.74) is 7.95. The van der Waals surface area contributed by atoms with E-state index in [4.69, 9.17) is 10.3 Å². The number of aryl methyl sites for hydroxylation is 2. The molecule has 150 valence electrons. The Morgan fingerprint density at radius 1 is 0.700 bits per heavy atom. The zero-order valence-electron chi connectivity index (χ0n) is 19.4. The monoisotopic (exact) mass is 390 g/mol. The zero-order valence-corrected chi connectivity index (χ0v) is 19.4. The Morgan fingerprint density at radius 2 is 1.20 bits per heavy atom. The summed E-state index contributed by atoms with van der Waals surface area (Å²) in [6.45, 7) is 13.1. The van der Waals surface area contributed by atoms with Gasteiger partial charge >= 0.3 is 18.9 Å². The van der Waals surface area contributed by atoms with E-state index in [9.17, 15) is 0 Å². The molecule has 0 fully saturated rings. The zero-order chi connectivity index (χ0) is 21.0. The van der Waals surface area contributed by atoms with Gasteiger partial charge in [-0.2, -0.15) is 0 Å². The predicted molar refractivity (Wildman–Crippen MR) is 126 cm³/mol. The van der Waals surface area contributed by atoms with Crippen molar-refractivity contribution in [1.29, 1.82) is 0 Å². The fraction of sp³-hybridized carbons (Fsp3) is 0.296. The van der Waals surface area contributed by atoms with Crippen LogP contribution < -0.4 is 18.9 Å². The molecule has 0 aromatic heterocycles. The number of aliphatic imine (C=N–C) groups is 1. The Bertz CT molecular complexity index is 958. The van der Waals surface area contributed by atoms with E-state index >= 15 is 0 Å². The van der Waals surface area contributed by atoms with Crippen molar-refractivity contribution < 1.29 is 18.9 Å². The second-order valence-electron chi connectivity index (χ2n) is 8.25. The SMILES string of the molecule is Cc1cccc(C)c1N=C([N-]c1c(C(C)C)cccc1C(C)C)c1ccccc1.[Li+]. The molecule has 0 atom stereocenters. The summed E-state index contributed by atoms with van der Waals surface area (Å²) < 4.78 is 0. The van der Waals surface area contributed by atoms with Gasteiger partial charge in [0.25, 0.3) is 0 Å². The van der Waals surface area contributed by atoms with E-state index in [0.29, 0.717) is 11.8 Å². The number of rotatable bonds is 5. The average Bonchev–Trinajstić information content (AvgIpc) is 2.70. The first kappa shape index (κ1) is 24.0. The van der Waals surface area contributed by atoms with E-state index in [1.807, 2.05) is 18.2 Å². The van der Waals surface area contributed by atoms with Crippen LogP contribution >= 0.6 is 0 Å². The first-order valence-electron chi connectivity index (χ1n) is 10.4. The van der Waals surface area contributed by atoms with Gasteiger partial charge in [-0.15, -0.1) is 0 Å². The molecule has 3 heteroatoms. The Hall–Kier alpha value is -2.27. The Kier molecular flexibility index (Phi) is 8.53. The van der Waals surface area contributed by atoms with Gasteiger partial charge in [0.15, 0.2) is 0 Å². The molecule has 2 nitrogen and oxygen atoms in total. The Labute approximate surface area is 194 Å². The van der Waals surface area contributed by atoms with Crippen LogP contribution in [0.25, 0.3) is 5.32 Å². The maximum Gasteiger partial charge on any atom is 1.00 e. The maximum absolute atomic E-state index is 5.20. The van der Waals surface area contributed by atoms with Gasteiger partial charge in [0.1, 0.15) is 0 Å². The molecule has 0 amide bonds. The van der Waals surface area contributed by atoms with Crippen molar-refractivity contribution in [3.63, 3.8) is 0 Å². The predicted octanol–water partition coefficient (Wildman–Crippen LogP) is 5.34. The van der Waals surface area contributed by atoms with E-state index in [1.54, 1.807) is 0 Å². The Morgan fingerprint density at radius 3 is 1.70 bits per heavy atom. The van der Waals surface area contributed by atoms with E-state index < -0.39 is 0 Å². The number of amidine groups is 1. The normalized spacial score (nSPS) is 11.5. The van der Waals surface area contributed by atoms with Crippen LogP contribution in [0.5, 0.6) is 0 Å². The second kappa shape index (κ2) is 10.7. The summed E-state index contributed by atoms with van der Waals surface area (Å²) in [5, 5.41) is 5.20. The van der Waals surface area contributed by atoms with E-state index in [1.165, 1.54) is 11.1 Å².